The molecule has 3 aromatic heterocycles. The smallest absolute Gasteiger partial charge is 0.407 e. The third kappa shape index (κ3) is 4.03. The Kier molecular flexibility index (Phi) is 5.05. The lowest BCUT2D eigenvalue weighted by Gasteiger charge is -2.14. The van der Waals surface area contributed by atoms with Crippen LogP contribution in [-0.2, 0) is 4.74 Å². The quantitative estimate of drug-likeness (QED) is 0.621. The highest BCUT2D eigenvalue weighted by molar-refractivity contribution is 5.87. The number of fused-ring (bicyclic) bond motifs is 1. The number of alkyl carbamates (subject to hydrolysis) is 1. The topological polar surface area (TPSA) is 118 Å². The van der Waals surface area contributed by atoms with Gasteiger partial charge in [0.15, 0.2) is 11.5 Å². The second-order valence-electron chi connectivity index (χ2n) is 7.27. The molecule has 28 heavy (non-hydrogen) atoms. The zero-order valence-electron chi connectivity index (χ0n) is 15.8. The highest BCUT2D eigenvalue weighted by Gasteiger charge is 2.30. The van der Waals surface area contributed by atoms with Crippen LogP contribution in [0.4, 0.5) is 16.4 Å². The van der Waals surface area contributed by atoms with Gasteiger partial charge >= 0.3 is 6.09 Å². The number of amides is 1. The summed E-state index contributed by atoms with van der Waals surface area (Å²) in [5.74, 6) is 1.62. The lowest BCUT2D eigenvalue weighted by atomic mass is 10.0. The van der Waals surface area contributed by atoms with Crippen LogP contribution < -0.4 is 10.6 Å². The number of rotatable bonds is 5. The molecule has 1 aliphatic carbocycles. The Balaban J connectivity index is 1.40. The molecular formula is C19H23N7O2. The van der Waals surface area contributed by atoms with Gasteiger partial charge in [0.2, 0.25) is 0 Å². The van der Waals surface area contributed by atoms with Gasteiger partial charge in [-0.25, -0.2) is 19.7 Å². The molecule has 0 aliphatic heterocycles. The van der Waals surface area contributed by atoms with E-state index in [4.69, 9.17) is 4.74 Å². The van der Waals surface area contributed by atoms with E-state index >= 15 is 0 Å². The summed E-state index contributed by atoms with van der Waals surface area (Å²) in [5, 5.41) is 14.3. The minimum atomic E-state index is -0.350. The molecule has 1 amide bonds. The van der Waals surface area contributed by atoms with Crippen molar-refractivity contribution in [2.75, 3.05) is 5.32 Å². The van der Waals surface area contributed by atoms with Crippen molar-refractivity contribution in [3.63, 3.8) is 0 Å². The van der Waals surface area contributed by atoms with E-state index in [1.54, 1.807) is 6.20 Å². The molecule has 3 heterocycles. The van der Waals surface area contributed by atoms with Crippen molar-refractivity contribution >= 4 is 28.8 Å². The summed E-state index contributed by atoms with van der Waals surface area (Å²) in [7, 11) is 0. The molecule has 0 saturated heterocycles. The lowest BCUT2D eigenvalue weighted by molar-refractivity contribution is 0.0981. The van der Waals surface area contributed by atoms with Gasteiger partial charge in [-0.2, -0.15) is 5.10 Å². The van der Waals surface area contributed by atoms with E-state index < -0.39 is 0 Å². The van der Waals surface area contributed by atoms with E-state index in [2.05, 4.69) is 35.8 Å². The first-order chi connectivity index (χ1) is 13.6. The second kappa shape index (κ2) is 7.79. The zero-order valence-corrected chi connectivity index (χ0v) is 15.8. The van der Waals surface area contributed by atoms with Crippen LogP contribution in [-0.4, -0.2) is 43.4 Å². The van der Waals surface area contributed by atoms with Gasteiger partial charge in [-0.3, -0.25) is 5.10 Å². The predicted molar refractivity (Wildman–Crippen MR) is 104 cm³/mol. The number of aromatic amines is 1. The third-order valence-corrected chi connectivity index (χ3v) is 4.76. The van der Waals surface area contributed by atoms with E-state index in [1.807, 2.05) is 32.0 Å². The number of carbonyl (C=O) groups excluding carboxylic acids is 1. The monoisotopic (exact) mass is 381 g/mol. The van der Waals surface area contributed by atoms with Gasteiger partial charge < -0.3 is 15.4 Å². The fourth-order valence-corrected chi connectivity index (χ4v) is 3.48. The van der Waals surface area contributed by atoms with Crippen LogP contribution in [0.5, 0.6) is 0 Å². The average molecular weight is 381 g/mol. The third-order valence-electron chi connectivity index (χ3n) is 4.76. The second-order valence-corrected chi connectivity index (χ2v) is 7.27. The number of nitrogens with zero attached hydrogens (tertiary/aromatic N) is 4. The van der Waals surface area contributed by atoms with Gasteiger partial charge in [-0.1, -0.05) is 0 Å². The number of aromatic nitrogens is 5. The van der Waals surface area contributed by atoms with Crippen molar-refractivity contribution in [2.45, 2.75) is 51.2 Å². The van der Waals surface area contributed by atoms with Crippen LogP contribution in [0.25, 0.3) is 11.0 Å². The highest BCUT2D eigenvalue weighted by atomic mass is 16.6. The molecule has 9 nitrogen and oxygen atoms in total. The number of H-pyrrole nitrogens is 1. The molecule has 3 N–H and O–H groups in total. The van der Waals surface area contributed by atoms with E-state index in [0.29, 0.717) is 17.3 Å². The van der Waals surface area contributed by atoms with Gasteiger partial charge in [-0.15, -0.1) is 0 Å². The van der Waals surface area contributed by atoms with Crippen LogP contribution in [0.1, 0.15) is 44.7 Å². The molecule has 2 atom stereocenters. The molecule has 9 heteroatoms. The van der Waals surface area contributed by atoms with E-state index in [1.165, 1.54) is 6.33 Å². The summed E-state index contributed by atoms with van der Waals surface area (Å²) in [4.78, 5) is 24.5. The molecule has 0 spiro atoms. The van der Waals surface area contributed by atoms with E-state index in [0.717, 1.165) is 30.3 Å². The molecule has 0 unspecified atom stereocenters. The fraction of sp³-hybridized carbons (Fsp3) is 0.421. The summed E-state index contributed by atoms with van der Waals surface area (Å²) < 4.78 is 5.50. The van der Waals surface area contributed by atoms with E-state index in [9.17, 15) is 4.79 Å². The van der Waals surface area contributed by atoms with Gasteiger partial charge in [0.1, 0.15) is 18.2 Å². The molecule has 0 radical (unpaired) electrons. The van der Waals surface area contributed by atoms with Crippen LogP contribution in [0, 0.1) is 0 Å². The predicted octanol–water partition coefficient (Wildman–Crippen LogP) is 3.26. The van der Waals surface area contributed by atoms with Crippen molar-refractivity contribution in [3.8, 4) is 0 Å². The first-order valence-corrected chi connectivity index (χ1v) is 9.43. The fourth-order valence-electron chi connectivity index (χ4n) is 3.48. The maximum atomic E-state index is 11.8. The first-order valence-electron chi connectivity index (χ1n) is 9.43. The molecule has 146 valence electrons. The van der Waals surface area contributed by atoms with Crippen molar-refractivity contribution in [1.29, 1.82) is 0 Å². The Labute approximate surface area is 162 Å². The van der Waals surface area contributed by atoms with Crippen molar-refractivity contribution in [3.05, 3.63) is 36.4 Å². The summed E-state index contributed by atoms with van der Waals surface area (Å²) >= 11 is 0. The Morgan fingerprint density at radius 3 is 3.04 bits per heavy atom. The maximum Gasteiger partial charge on any atom is 0.407 e. The lowest BCUT2D eigenvalue weighted by Crippen LogP contribution is -2.33. The van der Waals surface area contributed by atoms with Crippen molar-refractivity contribution < 1.29 is 9.53 Å². The first kappa shape index (κ1) is 18.1. The summed E-state index contributed by atoms with van der Waals surface area (Å²) in [6.07, 6.45) is 5.34. The molecule has 4 rings (SSSR count). The number of nitrogens with one attached hydrogen (secondary N) is 3. The largest absolute Gasteiger partial charge is 0.446 e. The van der Waals surface area contributed by atoms with Gasteiger partial charge in [0, 0.05) is 29.9 Å². The number of ether oxygens (including phenoxy) is 1. The molecular weight excluding hydrogens is 358 g/mol. The van der Waals surface area contributed by atoms with Crippen molar-refractivity contribution in [1.82, 2.24) is 30.5 Å². The Morgan fingerprint density at radius 2 is 2.18 bits per heavy atom. The minimum Gasteiger partial charge on any atom is -0.446 e. The minimum absolute atomic E-state index is 0.0685. The van der Waals surface area contributed by atoms with Gasteiger partial charge in [0.25, 0.3) is 0 Å². The summed E-state index contributed by atoms with van der Waals surface area (Å²) in [6.45, 7) is 3.82. The molecule has 3 aromatic rings. The number of hydrogen-bond acceptors (Lipinski definition) is 7. The zero-order chi connectivity index (χ0) is 19.5. The Bertz CT molecular complexity index is 966. The SMILES string of the molecule is CC(C)NC(=O)O[C@@H]1CC[C@H](c2cc(Nc3ncnc4ncccc34)n[nH]2)C1. The molecule has 0 aromatic carbocycles. The highest BCUT2D eigenvalue weighted by Crippen LogP contribution is 2.36. The van der Waals surface area contributed by atoms with Crippen molar-refractivity contribution in [2.24, 2.45) is 0 Å². The standard InChI is InChI=1S/C19H23N7O2/c1-11(2)23-19(27)28-13-6-5-12(8-13)15-9-16(26-25-15)24-18-14-4-3-7-20-17(14)21-10-22-18/h3-4,7,9-13H,5-6,8H2,1-2H3,(H,23,27)(H2,20,21,22,24,25,26)/t12-,13+/m0/s1. The number of pyridine rings is 1. The molecule has 1 saturated carbocycles. The number of anilines is 2. The molecule has 0 bridgehead atoms. The van der Waals surface area contributed by atoms with Gasteiger partial charge in [-0.05, 0) is 45.2 Å². The summed E-state index contributed by atoms with van der Waals surface area (Å²) in [5.41, 5.74) is 1.65. The Morgan fingerprint density at radius 1 is 1.29 bits per heavy atom. The van der Waals surface area contributed by atoms with Crippen LogP contribution >= 0.6 is 0 Å². The van der Waals surface area contributed by atoms with Crippen LogP contribution in [0.3, 0.4) is 0 Å². The normalized spacial score (nSPS) is 19.1. The van der Waals surface area contributed by atoms with E-state index in [-0.39, 0.29) is 24.2 Å². The Hall–Kier alpha value is -3.23. The maximum absolute atomic E-state index is 11.8. The van der Waals surface area contributed by atoms with Crippen LogP contribution in [0.2, 0.25) is 0 Å². The summed E-state index contributed by atoms with van der Waals surface area (Å²) in [6, 6.07) is 5.81. The number of carbonyl (C=O) groups is 1. The number of hydrogen-bond donors (Lipinski definition) is 3. The van der Waals surface area contributed by atoms with Gasteiger partial charge in [0.05, 0.1) is 5.39 Å². The van der Waals surface area contributed by atoms with Crippen LogP contribution in [0.15, 0.2) is 30.7 Å². The molecule has 1 aliphatic rings. The molecule has 1 fully saturated rings. The average Bonchev–Trinajstić information content (AvgIpc) is 3.31.